The normalized spacial score (nSPS) is 14.3. The molecule has 1 aromatic carbocycles. The predicted molar refractivity (Wildman–Crippen MR) is 106 cm³/mol. The van der Waals surface area contributed by atoms with Gasteiger partial charge >= 0.3 is 0 Å². The van der Waals surface area contributed by atoms with Crippen LogP contribution >= 0.6 is 0 Å². The van der Waals surface area contributed by atoms with Crippen LogP contribution in [0.4, 0.5) is 5.82 Å². The first kappa shape index (κ1) is 18.2. The Hall–Kier alpha value is -3.22. The molecule has 2 aromatic heterocycles. The number of aromatic nitrogens is 3. The fourth-order valence-corrected chi connectivity index (χ4v) is 3.35. The second-order valence-corrected chi connectivity index (χ2v) is 6.93. The summed E-state index contributed by atoms with van der Waals surface area (Å²) in [6.07, 6.45) is 2.62. The van der Waals surface area contributed by atoms with Crippen molar-refractivity contribution >= 4 is 11.7 Å². The quantitative estimate of drug-likeness (QED) is 0.681. The molecular formula is C21H23N5O2. The van der Waals surface area contributed by atoms with E-state index in [2.05, 4.69) is 20.1 Å². The highest BCUT2D eigenvalue weighted by atomic mass is 16.4. The highest BCUT2D eigenvalue weighted by Crippen LogP contribution is 2.19. The van der Waals surface area contributed by atoms with E-state index in [-0.39, 0.29) is 5.91 Å². The number of carbonyl (C=O) groups excluding carboxylic acids is 1. The van der Waals surface area contributed by atoms with Gasteiger partial charge in [-0.2, -0.15) is 0 Å². The molecule has 7 heteroatoms. The molecule has 28 heavy (non-hydrogen) atoms. The molecule has 0 unspecified atom stereocenters. The lowest BCUT2D eigenvalue weighted by atomic mass is 10.1. The van der Waals surface area contributed by atoms with Crippen molar-refractivity contribution in [3.05, 3.63) is 60.1 Å². The third kappa shape index (κ3) is 4.19. The van der Waals surface area contributed by atoms with E-state index in [1.54, 1.807) is 6.20 Å². The molecule has 0 bridgehead atoms. The third-order valence-electron chi connectivity index (χ3n) is 4.89. The maximum Gasteiger partial charge on any atom is 0.247 e. The van der Waals surface area contributed by atoms with Crippen LogP contribution in [0.25, 0.3) is 11.5 Å². The second kappa shape index (κ2) is 8.21. The molecule has 0 N–H and O–H groups in total. The number of anilines is 1. The van der Waals surface area contributed by atoms with Crippen LogP contribution in [0.15, 0.2) is 53.1 Å². The molecule has 3 heterocycles. The number of hydrogen-bond acceptors (Lipinski definition) is 6. The number of piperazine rings is 1. The first-order valence-corrected chi connectivity index (χ1v) is 9.52. The Morgan fingerprint density at radius 1 is 1.07 bits per heavy atom. The average molecular weight is 377 g/mol. The van der Waals surface area contributed by atoms with Gasteiger partial charge in [-0.05, 0) is 31.2 Å². The Kier molecular flexibility index (Phi) is 5.32. The number of benzene rings is 1. The van der Waals surface area contributed by atoms with E-state index in [1.165, 1.54) is 0 Å². The molecule has 1 saturated heterocycles. The number of hydrogen-bond donors (Lipinski definition) is 0. The lowest BCUT2D eigenvalue weighted by Crippen LogP contribution is -2.49. The number of carbonyl (C=O) groups is 1. The van der Waals surface area contributed by atoms with Crippen LogP contribution in [0, 0.1) is 6.92 Å². The lowest BCUT2D eigenvalue weighted by Gasteiger charge is -2.35. The van der Waals surface area contributed by atoms with E-state index < -0.39 is 0 Å². The fourth-order valence-electron chi connectivity index (χ4n) is 3.35. The van der Waals surface area contributed by atoms with Crippen molar-refractivity contribution < 1.29 is 9.21 Å². The summed E-state index contributed by atoms with van der Waals surface area (Å²) in [4.78, 5) is 21.0. The summed E-state index contributed by atoms with van der Waals surface area (Å²) in [7, 11) is 0. The van der Waals surface area contributed by atoms with Crippen LogP contribution in [-0.4, -0.2) is 52.2 Å². The molecule has 7 nitrogen and oxygen atoms in total. The first-order chi connectivity index (χ1) is 13.7. The largest absolute Gasteiger partial charge is 0.421 e. The summed E-state index contributed by atoms with van der Waals surface area (Å²) < 4.78 is 5.73. The number of nitrogens with zero attached hydrogens (tertiary/aromatic N) is 5. The van der Waals surface area contributed by atoms with E-state index in [4.69, 9.17) is 4.42 Å². The molecule has 4 rings (SSSR count). The lowest BCUT2D eigenvalue weighted by molar-refractivity contribution is -0.131. The van der Waals surface area contributed by atoms with Crippen molar-refractivity contribution in [1.82, 2.24) is 20.1 Å². The molecule has 1 fully saturated rings. The van der Waals surface area contributed by atoms with Gasteiger partial charge in [-0.3, -0.25) is 4.79 Å². The predicted octanol–water partition coefficient (Wildman–Crippen LogP) is 2.72. The molecule has 0 spiro atoms. The van der Waals surface area contributed by atoms with Gasteiger partial charge in [-0.25, -0.2) is 4.98 Å². The molecular weight excluding hydrogens is 354 g/mol. The highest BCUT2D eigenvalue weighted by Gasteiger charge is 2.22. The molecule has 3 aromatic rings. The zero-order chi connectivity index (χ0) is 19.3. The van der Waals surface area contributed by atoms with Crippen LogP contribution in [0.5, 0.6) is 0 Å². The van der Waals surface area contributed by atoms with Crippen molar-refractivity contribution in [3.8, 4) is 11.5 Å². The van der Waals surface area contributed by atoms with E-state index in [9.17, 15) is 4.79 Å². The molecule has 0 atom stereocenters. The van der Waals surface area contributed by atoms with Crippen LogP contribution < -0.4 is 4.90 Å². The smallest absolute Gasteiger partial charge is 0.247 e. The van der Waals surface area contributed by atoms with E-state index >= 15 is 0 Å². The maximum absolute atomic E-state index is 12.5. The van der Waals surface area contributed by atoms with Crippen molar-refractivity contribution in [3.63, 3.8) is 0 Å². The summed E-state index contributed by atoms with van der Waals surface area (Å²) in [5.41, 5.74) is 2.04. The van der Waals surface area contributed by atoms with Gasteiger partial charge in [-0.15, -0.1) is 10.2 Å². The zero-order valence-corrected chi connectivity index (χ0v) is 15.9. The Morgan fingerprint density at radius 3 is 2.68 bits per heavy atom. The summed E-state index contributed by atoms with van der Waals surface area (Å²) in [6, 6.07) is 13.8. The van der Waals surface area contributed by atoms with Gasteiger partial charge in [0.05, 0.1) is 0 Å². The Labute approximate surface area is 164 Å². The zero-order valence-electron chi connectivity index (χ0n) is 15.9. The molecule has 1 amide bonds. The van der Waals surface area contributed by atoms with Gasteiger partial charge in [0.1, 0.15) is 5.82 Å². The Morgan fingerprint density at radius 2 is 1.93 bits per heavy atom. The van der Waals surface area contributed by atoms with Crippen LogP contribution in [0.3, 0.4) is 0 Å². The standard InChI is InChI=1S/C21H23N5O2/c1-16-5-4-6-17(15-16)21-24-23-19(28-21)8-9-20(27)26-13-11-25(12-14-26)18-7-2-3-10-22-18/h2-7,10,15H,8-9,11-14H2,1H3. The average Bonchev–Trinajstić information content (AvgIpc) is 3.22. The number of aryl methyl sites for hydroxylation is 2. The number of pyridine rings is 1. The monoisotopic (exact) mass is 377 g/mol. The summed E-state index contributed by atoms with van der Waals surface area (Å²) >= 11 is 0. The van der Waals surface area contributed by atoms with Crippen molar-refractivity contribution in [2.75, 3.05) is 31.1 Å². The second-order valence-electron chi connectivity index (χ2n) is 6.93. The highest BCUT2D eigenvalue weighted by molar-refractivity contribution is 5.76. The molecule has 144 valence electrons. The molecule has 1 aliphatic heterocycles. The summed E-state index contributed by atoms with van der Waals surface area (Å²) in [6.45, 7) is 5.01. The van der Waals surface area contributed by atoms with E-state index in [1.807, 2.05) is 54.3 Å². The van der Waals surface area contributed by atoms with Crippen molar-refractivity contribution in [2.45, 2.75) is 19.8 Å². The van der Waals surface area contributed by atoms with Gasteiger partial charge in [0, 0.05) is 50.8 Å². The van der Waals surface area contributed by atoms with Crippen LogP contribution in [0.1, 0.15) is 17.9 Å². The van der Waals surface area contributed by atoms with Crippen LogP contribution in [-0.2, 0) is 11.2 Å². The van der Waals surface area contributed by atoms with Crippen LogP contribution in [0.2, 0.25) is 0 Å². The van der Waals surface area contributed by atoms with E-state index in [0.717, 1.165) is 30.0 Å². The van der Waals surface area contributed by atoms with Gasteiger partial charge < -0.3 is 14.2 Å². The van der Waals surface area contributed by atoms with Gasteiger partial charge in [0.2, 0.25) is 17.7 Å². The molecule has 0 radical (unpaired) electrons. The SMILES string of the molecule is Cc1cccc(-c2nnc(CCC(=O)N3CCN(c4ccccn4)CC3)o2)c1. The molecule has 0 saturated carbocycles. The summed E-state index contributed by atoms with van der Waals surface area (Å²) in [5, 5.41) is 8.19. The minimum absolute atomic E-state index is 0.121. The van der Waals surface area contributed by atoms with Crippen molar-refractivity contribution in [2.24, 2.45) is 0 Å². The Balaban J connectivity index is 1.28. The summed E-state index contributed by atoms with van der Waals surface area (Å²) in [5.74, 6) is 2.08. The first-order valence-electron chi connectivity index (χ1n) is 9.52. The third-order valence-corrected chi connectivity index (χ3v) is 4.89. The van der Waals surface area contributed by atoms with Crippen molar-refractivity contribution in [1.29, 1.82) is 0 Å². The van der Waals surface area contributed by atoms with Gasteiger partial charge in [0.15, 0.2) is 0 Å². The Bertz CT molecular complexity index is 933. The van der Waals surface area contributed by atoms with Gasteiger partial charge in [0.25, 0.3) is 0 Å². The van der Waals surface area contributed by atoms with E-state index in [0.29, 0.717) is 37.7 Å². The topological polar surface area (TPSA) is 75.4 Å². The number of rotatable bonds is 5. The maximum atomic E-state index is 12.5. The minimum atomic E-state index is 0.121. The number of amides is 1. The fraction of sp³-hybridized carbons (Fsp3) is 0.333. The minimum Gasteiger partial charge on any atom is -0.421 e. The molecule has 1 aliphatic rings. The van der Waals surface area contributed by atoms with Gasteiger partial charge in [-0.1, -0.05) is 23.8 Å². The molecule has 0 aliphatic carbocycles.